The number of hydrogen-bond donors (Lipinski definition) is 1. The summed E-state index contributed by atoms with van der Waals surface area (Å²) in [5.41, 5.74) is 0.526. The van der Waals surface area contributed by atoms with E-state index in [1.54, 1.807) is 12.1 Å². The smallest absolute Gasteiger partial charge is 0.234 e. The van der Waals surface area contributed by atoms with Crippen molar-refractivity contribution in [3.8, 4) is 11.4 Å². The normalized spacial score (nSPS) is 23.4. The summed E-state index contributed by atoms with van der Waals surface area (Å²) in [6, 6.07) is 6.21. The number of nitrogens with one attached hydrogen (secondary N) is 1. The molecule has 5 heteroatoms. The fraction of sp³-hybridized carbons (Fsp3) is 0.385. The lowest BCUT2D eigenvalue weighted by molar-refractivity contribution is 0.306. The standard InChI is InChI=1S/C13H14FN3O/c1-13(5-6-15-8-13)12-16-11(17-18-12)9-3-2-4-10(14)7-9/h2-4,7,15H,5-6,8H2,1H3. The molecule has 0 amide bonds. The number of benzene rings is 1. The van der Waals surface area contributed by atoms with Gasteiger partial charge in [-0.1, -0.05) is 17.3 Å². The molecule has 1 aliphatic heterocycles. The van der Waals surface area contributed by atoms with Crippen molar-refractivity contribution in [2.75, 3.05) is 13.1 Å². The SMILES string of the molecule is CC1(c2nc(-c3cccc(F)c3)no2)CCNC1. The van der Waals surface area contributed by atoms with Crippen LogP contribution in [0.1, 0.15) is 19.2 Å². The van der Waals surface area contributed by atoms with Crippen molar-refractivity contribution in [1.82, 2.24) is 15.5 Å². The second-order valence-electron chi connectivity index (χ2n) is 4.92. The van der Waals surface area contributed by atoms with Gasteiger partial charge in [0.25, 0.3) is 0 Å². The summed E-state index contributed by atoms with van der Waals surface area (Å²) in [7, 11) is 0. The van der Waals surface area contributed by atoms with Crippen LogP contribution in [0.15, 0.2) is 28.8 Å². The van der Waals surface area contributed by atoms with Crippen molar-refractivity contribution in [2.45, 2.75) is 18.8 Å². The number of rotatable bonds is 2. The zero-order chi connectivity index (χ0) is 12.6. The highest BCUT2D eigenvalue weighted by atomic mass is 19.1. The maximum absolute atomic E-state index is 13.1. The zero-order valence-electron chi connectivity index (χ0n) is 10.1. The van der Waals surface area contributed by atoms with E-state index in [-0.39, 0.29) is 11.2 Å². The molecule has 1 aromatic carbocycles. The third-order valence-corrected chi connectivity index (χ3v) is 3.39. The van der Waals surface area contributed by atoms with Gasteiger partial charge in [-0.2, -0.15) is 4.98 Å². The molecule has 4 nitrogen and oxygen atoms in total. The molecule has 1 unspecified atom stereocenters. The van der Waals surface area contributed by atoms with Crippen molar-refractivity contribution in [3.63, 3.8) is 0 Å². The Morgan fingerprint density at radius 2 is 2.33 bits per heavy atom. The lowest BCUT2D eigenvalue weighted by Crippen LogP contribution is -2.25. The monoisotopic (exact) mass is 247 g/mol. The van der Waals surface area contributed by atoms with Gasteiger partial charge in [-0.05, 0) is 32.0 Å². The van der Waals surface area contributed by atoms with Gasteiger partial charge in [0.2, 0.25) is 11.7 Å². The van der Waals surface area contributed by atoms with Crippen LogP contribution in [-0.4, -0.2) is 23.2 Å². The van der Waals surface area contributed by atoms with Crippen molar-refractivity contribution in [2.24, 2.45) is 0 Å². The number of halogens is 1. The molecule has 0 bridgehead atoms. The minimum atomic E-state index is -0.299. The lowest BCUT2D eigenvalue weighted by Gasteiger charge is -2.15. The summed E-state index contributed by atoms with van der Waals surface area (Å²) in [5, 5.41) is 7.22. The Balaban J connectivity index is 1.94. The van der Waals surface area contributed by atoms with Gasteiger partial charge in [0.05, 0.1) is 5.41 Å². The molecule has 1 aromatic heterocycles. The summed E-state index contributed by atoms with van der Waals surface area (Å²) in [5.74, 6) is 0.761. The van der Waals surface area contributed by atoms with Gasteiger partial charge in [-0.3, -0.25) is 0 Å². The zero-order valence-corrected chi connectivity index (χ0v) is 10.1. The Hall–Kier alpha value is -1.75. The van der Waals surface area contributed by atoms with Gasteiger partial charge in [-0.15, -0.1) is 0 Å². The van der Waals surface area contributed by atoms with E-state index in [0.29, 0.717) is 17.3 Å². The quantitative estimate of drug-likeness (QED) is 0.883. The van der Waals surface area contributed by atoms with Crippen LogP contribution in [0.4, 0.5) is 4.39 Å². The van der Waals surface area contributed by atoms with E-state index >= 15 is 0 Å². The maximum Gasteiger partial charge on any atom is 0.234 e. The van der Waals surface area contributed by atoms with E-state index in [9.17, 15) is 4.39 Å². The first kappa shape index (κ1) is 11.3. The molecule has 0 aliphatic carbocycles. The van der Waals surface area contributed by atoms with Gasteiger partial charge in [0.15, 0.2) is 0 Å². The van der Waals surface area contributed by atoms with E-state index in [1.807, 2.05) is 0 Å². The molecule has 0 spiro atoms. The molecule has 3 rings (SSSR count). The molecule has 1 N–H and O–H groups in total. The Morgan fingerprint density at radius 3 is 3.06 bits per heavy atom. The van der Waals surface area contributed by atoms with Crippen LogP contribution in [0.2, 0.25) is 0 Å². The minimum absolute atomic E-state index is 0.113. The average Bonchev–Trinajstić information content (AvgIpc) is 2.98. The van der Waals surface area contributed by atoms with Crippen molar-refractivity contribution in [3.05, 3.63) is 36.0 Å². The summed E-state index contributed by atoms with van der Waals surface area (Å²) < 4.78 is 18.5. The van der Waals surface area contributed by atoms with Crippen molar-refractivity contribution in [1.29, 1.82) is 0 Å². The molecule has 18 heavy (non-hydrogen) atoms. The second kappa shape index (κ2) is 4.17. The van der Waals surface area contributed by atoms with Crippen molar-refractivity contribution >= 4 is 0 Å². The van der Waals surface area contributed by atoms with Gasteiger partial charge in [-0.25, -0.2) is 4.39 Å². The third-order valence-electron chi connectivity index (χ3n) is 3.39. The number of hydrogen-bond acceptors (Lipinski definition) is 4. The summed E-state index contributed by atoms with van der Waals surface area (Å²) in [6.07, 6.45) is 0.970. The summed E-state index contributed by atoms with van der Waals surface area (Å²) >= 11 is 0. The van der Waals surface area contributed by atoms with E-state index in [1.165, 1.54) is 12.1 Å². The molecule has 2 heterocycles. The van der Waals surface area contributed by atoms with E-state index < -0.39 is 0 Å². The molecule has 0 radical (unpaired) electrons. The molecular formula is C13H14FN3O. The lowest BCUT2D eigenvalue weighted by atomic mass is 9.90. The van der Waals surface area contributed by atoms with Crippen LogP contribution in [-0.2, 0) is 5.41 Å². The molecule has 1 atom stereocenters. The predicted octanol–water partition coefficient (Wildman–Crippen LogP) is 2.13. The van der Waals surface area contributed by atoms with Gasteiger partial charge in [0, 0.05) is 12.1 Å². The molecule has 1 fully saturated rings. The highest BCUT2D eigenvalue weighted by Gasteiger charge is 2.36. The molecule has 94 valence electrons. The van der Waals surface area contributed by atoms with Gasteiger partial charge in [0.1, 0.15) is 5.82 Å². The second-order valence-corrected chi connectivity index (χ2v) is 4.92. The van der Waals surface area contributed by atoms with E-state index in [0.717, 1.165) is 19.5 Å². The minimum Gasteiger partial charge on any atom is -0.338 e. The predicted molar refractivity (Wildman–Crippen MR) is 64.5 cm³/mol. The maximum atomic E-state index is 13.1. The molecule has 1 saturated heterocycles. The topological polar surface area (TPSA) is 51.0 Å². The first-order valence-electron chi connectivity index (χ1n) is 5.98. The van der Waals surface area contributed by atoms with E-state index in [4.69, 9.17) is 4.52 Å². The van der Waals surface area contributed by atoms with Crippen LogP contribution in [0.25, 0.3) is 11.4 Å². The Morgan fingerprint density at radius 1 is 1.44 bits per heavy atom. The number of nitrogens with zero attached hydrogens (tertiary/aromatic N) is 2. The first-order chi connectivity index (χ1) is 8.67. The fourth-order valence-corrected chi connectivity index (χ4v) is 2.21. The first-order valence-corrected chi connectivity index (χ1v) is 5.98. The van der Waals surface area contributed by atoms with E-state index in [2.05, 4.69) is 22.4 Å². The Labute approximate surface area is 104 Å². The van der Waals surface area contributed by atoms with Crippen LogP contribution < -0.4 is 5.32 Å². The van der Waals surface area contributed by atoms with Crippen LogP contribution in [0, 0.1) is 5.82 Å². The molecular weight excluding hydrogens is 233 g/mol. The molecule has 1 aliphatic rings. The molecule has 2 aromatic rings. The van der Waals surface area contributed by atoms with Crippen molar-refractivity contribution < 1.29 is 8.91 Å². The van der Waals surface area contributed by atoms with Gasteiger partial charge >= 0.3 is 0 Å². The van der Waals surface area contributed by atoms with Crippen LogP contribution >= 0.6 is 0 Å². The number of aromatic nitrogens is 2. The highest BCUT2D eigenvalue weighted by molar-refractivity contribution is 5.54. The largest absolute Gasteiger partial charge is 0.338 e. The fourth-order valence-electron chi connectivity index (χ4n) is 2.21. The van der Waals surface area contributed by atoms with Crippen LogP contribution in [0.5, 0.6) is 0 Å². The Kier molecular flexibility index (Phi) is 2.63. The highest BCUT2D eigenvalue weighted by Crippen LogP contribution is 2.30. The summed E-state index contributed by atoms with van der Waals surface area (Å²) in [6.45, 7) is 3.88. The average molecular weight is 247 g/mol. The van der Waals surface area contributed by atoms with Gasteiger partial charge < -0.3 is 9.84 Å². The molecule has 0 saturated carbocycles. The summed E-state index contributed by atoms with van der Waals surface area (Å²) in [4.78, 5) is 4.39. The Bertz CT molecular complexity index is 561. The van der Waals surface area contributed by atoms with Crippen LogP contribution in [0.3, 0.4) is 0 Å². The third kappa shape index (κ3) is 1.90.